The molecule has 0 spiro atoms. The summed E-state index contributed by atoms with van der Waals surface area (Å²) in [4.78, 5) is 4.18. The molecule has 1 aromatic carbocycles. The van der Waals surface area contributed by atoms with Crippen molar-refractivity contribution in [2.45, 2.75) is 19.1 Å². The van der Waals surface area contributed by atoms with Gasteiger partial charge in [-0.15, -0.1) is 0 Å². The Bertz CT molecular complexity index is 557. The predicted molar refractivity (Wildman–Crippen MR) is 70.1 cm³/mol. The van der Waals surface area contributed by atoms with E-state index in [1.807, 2.05) is 30.3 Å². The van der Waals surface area contributed by atoms with Crippen LogP contribution >= 0.6 is 0 Å². The average molecular weight is 257 g/mol. The number of aliphatic hydroxyl groups excluding tert-OH is 1. The van der Waals surface area contributed by atoms with Gasteiger partial charge in [-0.2, -0.15) is 0 Å². The molecule has 0 fully saturated rings. The Balaban J connectivity index is 1.74. The van der Waals surface area contributed by atoms with Gasteiger partial charge < -0.3 is 14.6 Å². The summed E-state index contributed by atoms with van der Waals surface area (Å²) in [6.07, 6.45) is 1.72. The third-order valence-corrected chi connectivity index (χ3v) is 3.11. The normalized spacial score (nSPS) is 17.4. The van der Waals surface area contributed by atoms with Crippen LogP contribution in [0, 0.1) is 0 Å². The number of ether oxygens (including phenoxy) is 2. The summed E-state index contributed by atoms with van der Waals surface area (Å²) in [5.41, 5.74) is 1.84. The van der Waals surface area contributed by atoms with E-state index in [-0.39, 0.29) is 0 Å². The van der Waals surface area contributed by atoms with Crippen LogP contribution in [0.1, 0.15) is 23.7 Å². The molecule has 0 saturated carbocycles. The number of aliphatic hydroxyl groups is 1. The van der Waals surface area contributed by atoms with Gasteiger partial charge in [-0.05, 0) is 5.56 Å². The number of pyridine rings is 1. The van der Waals surface area contributed by atoms with Gasteiger partial charge in [-0.25, -0.2) is 4.98 Å². The molecule has 1 aromatic heterocycles. The standard InChI is InChI=1S/C15H15NO3/c17-13-6-7-18-14-9-16-15(8-12(13)14)19-10-11-4-2-1-3-5-11/h1-5,8-9,13,17H,6-7,10H2. The van der Waals surface area contributed by atoms with Crippen molar-refractivity contribution in [3.63, 3.8) is 0 Å². The van der Waals surface area contributed by atoms with E-state index in [4.69, 9.17) is 9.47 Å². The van der Waals surface area contributed by atoms with Crippen molar-refractivity contribution in [3.05, 3.63) is 53.7 Å². The maximum atomic E-state index is 9.91. The first kappa shape index (κ1) is 12.0. The van der Waals surface area contributed by atoms with Gasteiger partial charge in [0, 0.05) is 18.1 Å². The summed E-state index contributed by atoms with van der Waals surface area (Å²) in [7, 11) is 0. The second-order valence-corrected chi connectivity index (χ2v) is 4.49. The fourth-order valence-electron chi connectivity index (χ4n) is 2.07. The van der Waals surface area contributed by atoms with E-state index in [2.05, 4.69) is 4.98 Å². The van der Waals surface area contributed by atoms with E-state index in [9.17, 15) is 5.11 Å². The topological polar surface area (TPSA) is 51.6 Å². The molecule has 98 valence electrons. The second kappa shape index (κ2) is 5.28. The van der Waals surface area contributed by atoms with Gasteiger partial charge in [0.2, 0.25) is 5.88 Å². The predicted octanol–water partition coefficient (Wildman–Crippen LogP) is 2.48. The molecule has 1 N–H and O–H groups in total. The Morgan fingerprint density at radius 3 is 3.00 bits per heavy atom. The number of hydrogen-bond acceptors (Lipinski definition) is 4. The summed E-state index contributed by atoms with van der Waals surface area (Å²) in [6.45, 7) is 0.990. The molecule has 0 aliphatic carbocycles. The van der Waals surface area contributed by atoms with Gasteiger partial charge in [0.1, 0.15) is 12.4 Å². The van der Waals surface area contributed by atoms with Crippen molar-refractivity contribution in [3.8, 4) is 11.6 Å². The molecule has 4 nitrogen and oxygen atoms in total. The van der Waals surface area contributed by atoms with Gasteiger partial charge in [-0.3, -0.25) is 0 Å². The van der Waals surface area contributed by atoms with E-state index in [1.54, 1.807) is 12.3 Å². The van der Waals surface area contributed by atoms with Gasteiger partial charge in [0.15, 0.2) is 0 Å². The van der Waals surface area contributed by atoms with Crippen molar-refractivity contribution in [1.29, 1.82) is 0 Å². The smallest absolute Gasteiger partial charge is 0.214 e. The van der Waals surface area contributed by atoms with Crippen LogP contribution in [0.4, 0.5) is 0 Å². The van der Waals surface area contributed by atoms with Crippen molar-refractivity contribution in [2.75, 3.05) is 6.61 Å². The lowest BCUT2D eigenvalue weighted by Gasteiger charge is -2.22. The quantitative estimate of drug-likeness (QED) is 0.917. The average Bonchev–Trinajstić information content (AvgIpc) is 2.47. The van der Waals surface area contributed by atoms with E-state index in [0.717, 1.165) is 11.1 Å². The van der Waals surface area contributed by atoms with Gasteiger partial charge in [-0.1, -0.05) is 30.3 Å². The van der Waals surface area contributed by atoms with Crippen LogP contribution in [0.25, 0.3) is 0 Å². The summed E-state index contributed by atoms with van der Waals surface area (Å²) in [5, 5.41) is 9.91. The molecule has 2 aromatic rings. The van der Waals surface area contributed by atoms with Crippen LogP contribution in [0.2, 0.25) is 0 Å². The lowest BCUT2D eigenvalue weighted by Crippen LogP contribution is -2.14. The molecule has 1 aliphatic heterocycles. The van der Waals surface area contributed by atoms with Crippen molar-refractivity contribution in [1.82, 2.24) is 4.98 Å². The fourth-order valence-corrected chi connectivity index (χ4v) is 2.07. The van der Waals surface area contributed by atoms with Gasteiger partial charge >= 0.3 is 0 Å². The molecule has 4 heteroatoms. The molecule has 1 atom stereocenters. The maximum Gasteiger partial charge on any atom is 0.214 e. The van der Waals surface area contributed by atoms with E-state index in [1.165, 1.54) is 0 Å². The molecule has 19 heavy (non-hydrogen) atoms. The Labute approximate surface area is 111 Å². The van der Waals surface area contributed by atoms with E-state index >= 15 is 0 Å². The zero-order valence-corrected chi connectivity index (χ0v) is 10.5. The molecule has 2 heterocycles. The molecule has 0 radical (unpaired) electrons. The van der Waals surface area contributed by atoms with Gasteiger partial charge in [0.25, 0.3) is 0 Å². The van der Waals surface area contributed by atoms with E-state index < -0.39 is 6.10 Å². The zero-order chi connectivity index (χ0) is 13.1. The molecular weight excluding hydrogens is 242 g/mol. The second-order valence-electron chi connectivity index (χ2n) is 4.49. The monoisotopic (exact) mass is 257 g/mol. The van der Waals surface area contributed by atoms with E-state index in [0.29, 0.717) is 31.3 Å². The highest BCUT2D eigenvalue weighted by Gasteiger charge is 2.20. The number of rotatable bonds is 3. The molecule has 3 rings (SSSR count). The summed E-state index contributed by atoms with van der Waals surface area (Å²) >= 11 is 0. The van der Waals surface area contributed by atoms with Crippen molar-refractivity contribution in [2.24, 2.45) is 0 Å². The molecular formula is C15H15NO3. The minimum absolute atomic E-state index is 0.462. The Hall–Kier alpha value is -2.07. The summed E-state index contributed by atoms with van der Waals surface area (Å²) in [5.74, 6) is 1.15. The molecule has 0 saturated heterocycles. The summed E-state index contributed by atoms with van der Waals surface area (Å²) in [6, 6.07) is 11.6. The SMILES string of the molecule is OC1CCOc2cnc(OCc3ccccc3)cc21. The number of benzene rings is 1. The minimum Gasteiger partial charge on any atom is -0.491 e. The summed E-state index contributed by atoms with van der Waals surface area (Å²) < 4.78 is 11.1. The highest BCUT2D eigenvalue weighted by molar-refractivity contribution is 5.37. The number of hydrogen-bond donors (Lipinski definition) is 1. The number of aromatic nitrogens is 1. The third kappa shape index (κ3) is 2.69. The molecule has 1 aliphatic rings. The molecule has 1 unspecified atom stereocenters. The van der Waals surface area contributed by atoms with Gasteiger partial charge in [0.05, 0.1) is 18.9 Å². The lowest BCUT2D eigenvalue weighted by atomic mass is 10.1. The highest BCUT2D eigenvalue weighted by atomic mass is 16.5. The fraction of sp³-hybridized carbons (Fsp3) is 0.267. The number of nitrogens with zero attached hydrogens (tertiary/aromatic N) is 1. The number of fused-ring (bicyclic) bond motifs is 1. The molecule has 0 bridgehead atoms. The van der Waals surface area contributed by atoms with Crippen LogP contribution in [-0.4, -0.2) is 16.7 Å². The van der Waals surface area contributed by atoms with Crippen LogP contribution in [0.3, 0.4) is 0 Å². The Morgan fingerprint density at radius 1 is 1.32 bits per heavy atom. The van der Waals surface area contributed by atoms with Crippen LogP contribution in [0.5, 0.6) is 11.6 Å². The van der Waals surface area contributed by atoms with Crippen molar-refractivity contribution < 1.29 is 14.6 Å². The maximum absolute atomic E-state index is 9.91. The lowest BCUT2D eigenvalue weighted by molar-refractivity contribution is 0.114. The Morgan fingerprint density at radius 2 is 2.16 bits per heavy atom. The first-order valence-electron chi connectivity index (χ1n) is 6.30. The first-order chi connectivity index (χ1) is 9.33. The molecule has 0 amide bonds. The highest BCUT2D eigenvalue weighted by Crippen LogP contribution is 2.33. The van der Waals surface area contributed by atoms with Crippen LogP contribution in [0.15, 0.2) is 42.6 Å². The minimum atomic E-state index is -0.495. The van der Waals surface area contributed by atoms with Crippen LogP contribution < -0.4 is 9.47 Å². The first-order valence-corrected chi connectivity index (χ1v) is 6.30. The zero-order valence-electron chi connectivity index (χ0n) is 10.5. The van der Waals surface area contributed by atoms with Crippen LogP contribution in [-0.2, 0) is 6.61 Å². The largest absolute Gasteiger partial charge is 0.491 e. The third-order valence-electron chi connectivity index (χ3n) is 3.11. The van der Waals surface area contributed by atoms with Crippen molar-refractivity contribution >= 4 is 0 Å². The Kier molecular flexibility index (Phi) is 3.33.